The first-order valence-electron chi connectivity index (χ1n) is 4.78. The largest absolute Gasteiger partial charge is 0.476 e. The number of nitrogen functional groups attached to an aromatic ring is 1. The Balaban J connectivity index is 3.27. The van der Waals surface area contributed by atoms with Crippen molar-refractivity contribution < 1.29 is 9.90 Å². The van der Waals surface area contributed by atoms with E-state index in [0.29, 0.717) is 23.7 Å². The van der Waals surface area contributed by atoms with Crippen LogP contribution in [0.15, 0.2) is 0 Å². The van der Waals surface area contributed by atoms with Crippen LogP contribution in [-0.2, 0) is 6.42 Å². The highest BCUT2D eigenvalue weighted by atomic mass is 16.4. The number of hydrogen-bond donors (Lipinski definition) is 2. The summed E-state index contributed by atoms with van der Waals surface area (Å²) >= 11 is 0. The van der Waals surface area contributed by atoms with Crippen LogP contribution in [0.1, 0.15) is 35.7 Å². The minimum atomic E-state index is -1.05. The van der Waals surface area contributed by atoms with E-state index in [1.54, 1.807) is 6.92 Å². The van der Waals surface area contributed by atoms with Crippen molar-refractivity contribution in [3.63, 3.8) is 0 Å². The van der Waals surface area contributed by atoms with Crippen molar-refractivity contribution in [1.82, 2.24) is 9.97 Å². The van der Waals surface area contributed by atoms with Gasteiger partial charge in [-0.15, -0.1) is 0 Å². The molecule has 0 bridgehead atoms. The second-order valence-electron chi connectivity index (χ2n) is 3.89. The van der Waals surface area contributed by atoms with Gasteiger partial charge in [-0.25, -0.2) is 14.8 Å². The Bertz CT molecular complexity index is 388. The quantitative estimate of drug-likeness (QED) is 0.782. The Morgan fingerprint density at radius 3 is 2.53 bits per heavy atom. The van der Waals surface area contributed by atoms with E-state index in [2.05, 4.69) is 9.97 Å². The number of carboxylic acid groups (broad SMARTS) is 1. The minimum Gasteiger partial charge on any atom is -0.476 e. The average Bonchev–Trinajstić information content (AvgIpc) is 2.08. The van der Waals surface area contributed by atoms with Crippen molar-refractivity contribution in [3.8, 4) is 0 Å². The Labute approximate surface area is 88.4 Å². The smallest absolute Gasteiger partial charge is 0.354 e. The number of anilines is 1. The molecule has 15 heavy (non-hydrogen) atoms. The molecule has 3 N–H and O–H groups in total. The number of aromatic carboxylic acids is 1. The summed E-state index contributed by atoms with van der Waals surface area (Å²) in [6.45, 7) is 5.61. The van der Waals surface area contributed by atoms with Gasteiger partial charge in [-0.05, 0) is 19.3 Å². The Hall–Kier alpha value is -1.65. The summed E-state index contributed by atoms with van der Waals surface area (Å²) in [5.74, 6) is -0.0782. The molecule has 0 radical (unpaired) electrons. The van der Waals surface area contributed by atoms with Gasteiger partial charge in [0, 0.05) is 5.56 Å². The zero-order chi connectivity index (χ0) is 11.6. The number of carboxylic acids is 1. The lowest BCUT2D eigenvalue weighted by Gasteiger charge is -2.10. The molecule has 0 aliphatic carbocycles. The average molecular weight is 209 g/mol. The molecule has 82 valence electrons. The van der Waals surface area contributed by atoms with Crippen LogP contribution in [0.5, 0.6) is 0 Å². The van der Waals surface area contributed by atoms with Crippen molar-refractivity contribution in [2.45, 2.75) is 27.2 Å². The lowest BCUT2D eigenvalue weighted by atomic mass is 10.0. The van der Waals surface area contributed by atoms with E-state index in [1.165, 1.54) is 0 Å². The van der Waals surface area contributed by atoms with Crippen LogP contribution < -0.4 is 5.73 Å². The number of rotatable bonds is 3. The summed E-state index contributed by atoms with van der Waals surface area (Å²) in [5.41, 5.74) is 6.25. The maximum atomic E-state index is 11.0. The fraction of sp³-hybridized carbons (Fsp3) is 0.500. The van der Waals surface area contributed by atoms with E-state index < -0.39 is 5.97 Å². The molecule has 1 heterocycles. The van der Waals surface area contributed by atoms with Gasteiger partial charge in [-0.2, -0.15) is 0 Å². The van der Waals surface area contributed by atoms with E-state index in [1.807, 2.05) is 13.8 Å². The highest BCUT2D eigenvalue weighted by molar-refractivity contribution is 5.88. The third-order valence-corrected chi connectivity index (χ3v) is 1.97. The van der Waals surface area contributed by atoms with E-state index in [9.17, 15) is 4.79 Å². The van der Waals surface area contributed by atoms with Crippen molar-refractivity contribution in [2.75, 3.05) is 5.73 Å². The predicted molar refractivity (Wildman–Crippen MR) is 56.7 cm³/mol. The van der Waals surface area contributed by atoms with Crippen LogP contribution in [0.4, 0.5) is 5.82 Å². The molecule has 0 aliphatic heterocycles. The molecular weight excluding hydrogens is 194 g/mol. The normalized spacial score (nSPS) is 10.7. The highest BCUT2D eigenvalue weighted by Gasteiger charge is 2.17. The predicted octanol–water partition coefficient (Wildman–Crippen LogP) is 1.26. The van der Waals surface area contributed by atoms with Gasteiger partial charge in [0.2, 0.25) is 0 Å². The third kappa shape index (κ3) is 2.65. The number of hydrogen-bond acceptors (Lipinski definition) is 4. The standard InChI is InChI=1S/C10H15N3O2/c1-5(2)4-7-8(10(14)15)12-6(3)13-9(7)11/h5H,4H2,1-3H3,(H,14,15)(H2,11,12,13). The van der Waals surface area contributed by atoms with E-state index >= 15 is 0 Å². The molecule has 1 aromatic heterocycles. The summed E-state index contributed by atoms with van der Waals surface area (Å²) < 4.78 is 0. The first-order valence-corrected chi connectivity index (χ1v) is 4.78. The molecule has 0 amide bonds. The number of aromatic nitrogens is 2. The molecule has 0 saturated heterocycles. The lowest BCUT2D eigenvalue weighted by molar-refractivity contribution is 0.0688. The maximum absolute atomic E-state index is 11.0. The summed E-state index contributed by atoms with van der Waals surface area (Å²) in [6.07, 6.45) is 0.577. The van der Waals surface area contributed by atoms with E-state index in [-0.39, 0.29) is 11.5 Å². The summed E-state index contributed by atoms with van der Waals surface area (Å²) in [7, 11) is 0. The van der Waals surface area contributed by atoms with E-state index in [0.717, 1.165) is 0 Å². The number of carbonyl (C=O) groups is 1. The molecule has 5 heteroatoms. The Kier molecular flexibility index (Phi) is 3.24. The molecule has 0 spiro atoms. The van der Waals surface area contributed by atoms with Gasteiger partial charge >= 0.3 is 5.97 Å². The van der Waals surface area contributed by atoms with Crippen LogP contribution in [0, 0.1) is 12.8 Å². The van der Waals surface area contributed by atoms with Gasteiger partial charge in [0.15, 0.2) is 5.69 Å². The van der Waals surface area contributed by atoms with Crippen LogP contribution >= 0.6 is 0 Å². The number of nitrogens with two attached hydrogens (primary N) is 1. The molecule has 1 aromatic rings. The van der Waals surface area contributed by atoms with E-state index in [4.69, 9.17) is 10.8 Å². The van der Waals surface area contributed by atoms with Gasteiger partial charge in [0.1, 0.15) is 11.6 Å². The number of aryl methyl sites for hydroxylation is 1. The van der Waals surface area contributed by atoms with Crippen molar-refractivity contribution >= 4 is 11.8 Å². The molecule has 1 rings (SSSR count). The molecule has 0 fully saturated rings. The first-order chi connectivity index (χ1) is 6.91. The van der Waals surface area contributed by atoms with Crippen LogP contribution in [0.25, 0.3) is 0 Å². The molecule has 0 atom stereocenters. The van der Waals surface area contributed by atoms with Gasteiger partial charge in [-0.3, -0.25) is 0 Å². The van der Waals surface area contributed by atoms with Gasteiger partial charge < -0.3 is 10.8 Å². The Morgan fingerprint density at radius 2 is 2.07 bits per heavy atom. The van der Waals surface area contributed by atoms with Crippen LogP contribution in [-0.4, -0.2) is 21.0 Å². The fourth-order valence-corrected chi connectivity index (χ4v) is 1.40. The van der Waals surface area contributed by atoms with Crippen LogP contribution in [0.2, 0.25) is 0 Å². The van der Waals surface area contributed by atoms with Crippen molar-refractivity contribution in [3.05, 3.63) is 17.1 Å². The summed E-state index contributed by atoms with van der Waals surface area (Å²) in [6, 6.07) is 0. The second kappa shape index (κ2) is 4.25. The zero-order valence-corrected chi connectivity index (χ0v) is 9.11. The second-order valence-corrected chi connectivity index (χ2v) is 3.89. The molecule has 0 saturated carbocycles. The fourth-order valence-electron chi connectivity index (χ4n) is 1.40. The summed E-state index contributed by atoms with van der Waals surface area (Å²) in [5, 5.41) is 8.98. The summed E-state index contributed by atoms with van der Waals surface area (Å²) in [4.78, 5) is 18.8. The third-order valence-electron chi connectivity index (χ3n) is 1.97. The molecule has 0 aromatic carbocycles. The van der Waals surface area contributed by atoms with Crippen molar-refractivity contribution in [1.29, 1.82) is 0 Å². The molecule has 0 aliphatic rings. The Morgan fingerprint density at radius 1 is 1.47 bits per heavy atom. The zero-order valence-electron chi connectivity index (χ0n) is 9.11. The van der Waals surface area contributed by atoms with Gasteiger partial charge in [-0.1, -0.05) is 13.8 Å². The van der Waals surface area contributed by atoms with Crippen molar-refractivity contribution in [2.24, 2.45) is 5.92 Å². The lowest BCUT2D eigenvalue weighted by Crippen LogP contribution is -2.14. The van der Waals surface area contributed by atoms with Gasteiger partial charge in [0.05, 0.1) is 0 Å². The monoisotopic (exact) mass is 209 g/mol. The minimum absolute atomic E-state index is 0.0219. The topological polar surface area (TPSA) is 89.1 Å². The number of nitrogens with zero attached hydrogens (tertiary/aromatic N) is 2. The SMILES string of the molecule is Cc1nc(N)c(CC(C)C)c(C(=O)O)n1. The van der Waals surface area contributed by atoms with Gasteiger partial charge in [0.25, 0.3) is 0 Å². The molecule has 0 unspecified atom stereocenters. The molecule has 5 nitrogen and oxygen atoms in total. The highest BCUT2D eigenvalue weighted by Crippen LogP contribution is 2.18. The first kappa shape index (κ1) is 11.4. The maximum Gasteiger partial charge on any atom is 0.354 e. The van der Waals surface area contributed by atoms with Crippen LogP contribution in [0.3, 0.4) is 0 Å². The molecular formula is C10H15N3O2.